The van der Waals surface area contributed by atoms with Crippen LogP contribution < -0.4 is 10.0 Å². The summed E-state index contributed by atoms with van der Waals surface area (Å²) in [4.78, 5) is 23.5. The maximum atomic E-state index is 11.8. The van der Waals surface area contributed by atoms with Crippen molar-refractivity contribution in [2.24, 2.45) is 0 Å². The van der Waals surface area contributed by atoms with Crippen molar-refractivity contribution in [1.29, 1.82) is 0 Å². The molecule has 2 rings (SSSR count). The smallest absolute Gasteiger partial charge is 0.339 e. The number of hydrogen-bond acceptors (Lipinski definition) is 4. The van der Waals surface area contributed by atoms with Crippen molar-refractivity contribution in [2.75, 3.05) is 6.61 Å². The summed E-state index contributed by atoms with van der Waals surface area (Å²) in [5, 5.41) is 13.6. The highest BCUT2D eigenvalue weighted by atomic mass is 16.5. The van der Waals surface area contributed by atoms with E-state index in [9.17, 15) is 14.8 Å². The normalized spacial score (nSPS) is 11.5. The lowest BCUT2D eigenvalue weighted by molar-refractivity contribution is -0.605. The van der Waals surface area contributed by atoms with Gasteiger partial charge in [0.05, 0.1) is 11.6 Å². The fourth-order valence-electron chi connectivity index (χ4n) is 1.87. The summed E-state index contributed by atoms with van der Waals surface area (Å²) in [6.07, 6.45) is 2.38. The first-order valence-corrected chi connectivity index (χ1v) is 6.76. The van der Waals surface area contributed by atoms with Crippen molar-refractivity contribution >= 4 is 11.9 Å². The van der Waals surface area contributed by atoms with Gasteiger partial charge in [0.2, 0.25) is 0 Å². The summed E-state index contributed by atoms with van der Waals surface area (Å²) in [5.74, 6) is -1.04. The molecule has 0 saturated heterocycles. The molecule has 1 aromatic heterocycles. The molecule has 1 heterocycles. The topological polar surface area (TPSA) is 82.3 Å². The van der Waals surface area contributed by atoms with E-state index in [1.807, 2.05) is 37.3 Å². The number of benzene rings is 1. The number of pyridine rings is 1. The Morgan fingerprint density at radius 3 is 2.45 bits per heavy atom. The molecule has 1 amide bonds. The van der Waals surface area contributed by atoms with Crippen molar-refractivity contribution in [3.05, 3.63) is 71.2 Å². The number of ether oxygens (including phenoxy) is 1. The summed E-state index contributed by atoms with van der Waals surface area (Å²) in [5.41, 5.74) is 1.18. The molecule has 0 unspecified atom stereocenters. The largest absolute Gasteiger partial charge is 0.619 e. The molecule has 0 radical (unpaired) electrons. The van der Waals surface area contributed by atoms with E-state index in [2.05, 4.69) is 5.32 Å². The minimum atomic E-state index is -0.650. The van der Waals surface area contributed by atoms with E-state index in [0.717, 1.165) is 5.56 Å². The number of amides is 1. The molecule has 0 saturated carbocycles. The molecular weight excluding hydrogens is 284 g/mol. The molecule has 0 spiro atoms. The first-order chi connectivity index (χ1) is 10.6. The van der Waals surface area contributed by atoms with E-state index < -0.39 is 5.97 Å². The molecule has 0 aliphatic heterocycles. The fourth-order valence-corrected chi connectivity index (χ4v) is 1.87. The van der Waals surface area contributed by atoms with E-state index in [0.29, 0.717) is 4.73 Å². The lowest BCUT2D eigenvalue weighted by Crippen LogP contribution is -2.31. The van der Waals surface area contributed by atoms with Gasteiger partial charge in [-0.2, -0.15) is 4.73 Å². The fraction of sp³-hybridized carbons (Fsp3) is 0.188. The number of nitrogens with one attached hydrogen (secondary N) is 1. The molecule has 0 fully saturated rings. The van der Waals surface area contributed by atoms with Gasteiger partial charge >= 0.3 is 5.97 Å². The van der Waals surface area contributed by atoms with Gasteiger partial charge in [-0.1, -0.05) is 30.3 Å². The molecule has 6 heteroatoms. The first kappa shape index (κ1) is 15.5. The van der Waals surface area contributed by atoms with Gasteiger partial charge in [0.1, 0.15) is 0 Å². The molecular formula is C16H16N2O4. The van der Waals surface area contributed by atoms with Crippen LogP contribution in [0.3, 0.4) is 0 Å². The Kier molecular flexibility index (Phi) is 5.08. The summed E-state index contributed by atoms with van der Waals surface area (Å²) >= 11 is 0. The monoisotopic (exact) mass is 300 g/mol. The standard InChI is InChI=1S/C16H16N2O4/c1-12(13-5-3-2-4-6-13)17-15(19)11-22-16(20)14-7-9-18(21)10-8-14/h2-10,12H,11H2,1H3,(H,17,19)/t12-/m0/s1. The average molecular weight is 300 g/mol. The highest BCUT2D eigenvalue weighted by molar-refractivity contribution is 5.91. The van der Waals surface area contributed by atoms with Gasteiger partial charge in [0, 0.05) is 12.1 Å². The number of rotatable bonds is 5. The van der Waals surface area contributed by atoms with Crippen LogP contribution in [0.15, 0.2) is 54.9 Å². The van der Waals surface area contributed by atoms with Gasteiger partial charge in [-0.3, -0.25) is 4.79 Å². The minimum absolute atomic E-state index is 0.177. The molecule has 22 heavy (non-hydrogen) atoms. The van der Waals surface area contributed by atoms with Gasteiger partial charge in [-0.05, 0) is 12.5 Å². The van der Waals surface area contributed by atoms with Gasteiger partial charge < -0.3 is 15.3 Å². The number of aromatic nitrogens is 1. The third-order valence-corrected chi connectivity index (χ3v) is 3.05. The lowest BCUT2D eigenvalue weighted by atomic mass is 10.1. The summed E-state index contributed by atoms with van der Waals surface area (Å²) < 4.78 is 5.46. The Morgan fingerprint density at radius 1 is 1.18 bits per heavy atom. The van der Waals surface area contributed by atoms with Crippen LogP contribution in [-0.2, 0) is 9.53 Å². The first-order valence-electron chi connectivity index (χ1n) is 6.76. The van der Waals surface area contributed by atoms with Crippen molar-refractivity contribution in [1.82, 2.24) is 5.32 Å². The third kappa shape index (κ3) is 4.31. The molecule has 1 N–H and O–H groups in total. The zero-order valence-corrected chi connectivity index (χ0v) is 12.1. The van der Waals surface area contributed by atoms with Gasteiger partial charge in [0.25, 0.3) is 5.91 Å². The number of carbonyl (C=O) groups excluding carboxylic acids is 2. The van der Waals surface area contributed by atoms with Crippen LogP contribution in [0.2, 0.25) is 0 Å². The van der Waals surface area contributed by atoms with Crippen molar-refractivity contribution in [3.63, 3.8) is 0 Å². The molecule has 0 bridgehead atoms. The molecule has 2 aromatic rings. The maximum absolute atomic E-state index is 11.8. The second kappa shape index (κ2) is 7.21. The van der Waals surface area contributed by atoms with Gasteiger partial charge in [0.15, 0.2) is 19.0 Å². The number of carbonyl (C=O) groups is 2. The highest BCUT2D eigenvalue weighted by Crippen LogP contribution is 2.10. The van der Waals surface area contributed by atoms with Crippen LogP contribution in [-0.4, -0.2) is 18.5 Å². The molecule has 6 nitrogen and oxygen atoms in total. The van der Waals surface area contributed by atoms with Crippen molar-refractivity contribution < 1.29 is 19.1 Å². The SMILES string of the molecule is C[C@H](NC(=O)COC(=O)c1cc[n+]([O-])cc1)c1ccccc1. The number of hydrogen-bond donors (Lipinski definition) is 1. The third-order valence-electron chi connectivity index (χ3n) is 3.05. The molecule has 1 atom stereocenters. The van der Waals surface area contributed by atoms with Gasteiger partial charge in [-0.15, -0.1) is 0 Å². The van der Waals surface area contributed by atoms with E-state index in [-0.39, 0.29) is 24.1 Å². The van der Waals surface area contributed by atoms with Crippen LogP contribution in [0.4, 0.5) is 0 Å². The zero-order chi connectivity index (χ0) is 15.9. The van der Waals surface area contributed by atoms with E-state index in [1.54, 1.807) is 0 Å². The molecule has 114 valence electrons. The zero-order valence-electron chi connectivity index (χ0n) is 12.1. The summed E-state index contributed by atoms with van der Waals surface area (Å²) in [7, 11) is 0. The second-order valence-electron chi connectivity index (χ2n) is 4.72. The highest BCUT2D eigenvalue weighted by Gasteiger charge is 2.13. The summed E-state index contributed by atoms with van der Waals surface area (Å²) in [6.45, 7) is 1.47. The van der Waals surface area contributed by atoms with E-state index in [4.69, 9.17) is 4.74 Å². The van der Waals surface area contributed by atoms with Crippen LogP contribution in [0.5, 0.6) is 0 Å². The quantitative estimate of drug-likeness (QED) is 0.513. The van der Waals surface area contributed by atoms with Crippen molar-refractivity contribution in [3.8, 4) is 0 Å². The van der Waals surface area contributed by atoms with Crippen LogP contribution in [0.1, 0.15) is 28.9 Å². The lowest BCUT2D eigenvalue weighted by Gasteiger charge is -2.14. The molecule has 1 aromatic carbocycles. The number of esters is 1. The van der Waals surface area contributed by atoms with E-state index in [1.165, 1.54) is 24.5 Å². The molecule has 0 aliphatic rings. The minimum Gasteiger partial charge on any atom is -0.619 e. The Balaban J connectivity index is 1.82. The Hall–Kier alpha value is -2.89. The van der Waals surface area contributed by atoms with Crippen LogP contribution in [0, 0.1) is 5.21 Å². The van der Waals surface area contributed by atoms with E-state index >= 15 is 0 Å². The Labute approximate surface area is 127 Å². The Bertz CT molecular complexity index is 641. The predicted octanol–water partition coefficient (Wildman–Crippen LogP) is 1.35. The van der Waals surface area contributed by atoms with Gasteiger partial charge in [-0.25, -0.2) is 4.79 Å². The average Bonchev–Trinajstić information content (AvgIpc) is 2.54. The summed E-state index contributed by atoms with van der Waals surface area (Å²) in [6, 6.07) is 12.0. The Morgan fingerprint density at radius 2 is 1.82 bits per heavy atom. The number of nitrogens with zero attached hydrogens (tertiary/aromatic N) is 1. The maximum Gasteiger partial charge on any atom is 0.339 e. The second-order valence-corrected chi connectivity index (χ2v) is 4.72. The van der Waals surface area contributed by atoms with Crippen LogP contribution in [0.25, 0.3) is 0 Å². The van der Waals surface area contributed by atoms with Crippen molar-refractivity contribution in [2.45, 2.75) is 13.0 Å². The molecule has 0 aliphatic carbocycles. The predicted molar refractivity (Wildman–Crippen MR) is 78.7 cm³/mol. The van der Waals surface area contributed by atoms with Crippen LogP contribution >= 0.6 is 0 Å².